The van der Waals surface area contributed by atoms with E-state index in [1.807, 2.05) is 35.0 Å². The summed E-state index contributed by atoms with van der Waals surface area (Å²) >= 11 is 3.14. The highest BCUT2D eigenvalue weighted by atomic mass is 32.2. The molecule has 5 nitrogen and oxygen atoms in total. The Morgan fingerprint density at radius 1 is 1.30 bits per heavy atom. The number of para-hydroxylation sites is 1. The Hall–Kier alpha value is -1.60. The predicted octanol–water partition coefficient (Wildman–Crippen LogP) is 3.89. The molecule has 0 spiro atoms. The van der Waals surface area contributed by atoms with Crippen molar-refractivity contribution in [2.75, 3.05) is 32.4 Å². The van der Waals surface area contributed by atoms with Crippen molar-refractivity contribution in [3.8, 4) is 0 Å². The molecular weight excluding hydrogens is 378 g/mol. The van der Waals surface area contributed by atoms with E-state index in [4.69, 9.17) is 0 Å². The predicted molar refractivity (Wildman–Crippen MR) is 112 cm³/mol. The maximum atomic E-state index is 12.5. The van der Waals surface area contributed by atoms with E-state index < -0.39 is 0 Å². The number of carbonyl (C=O) groups excluding carboxylic acids is 2. The molecule has 0 bridgehead atoms. The van der Waals surface area contributed by atoms with Gasteiger partial charge in [0.1, 0.15) is 0 Å². The van der Waals surface area contributed by atoms with E-state index in [9.17, 15) is 9.59 Å². The lowest BCUT2D eigenvalue weighted by Crippen LogP contribution is -2.44. The zero-order valence-corrected chi connectivity index (χ0v) is 17.7. The van der Waals surface area contributed by atoms with Crippen LogP contribution >= 0.6 is 23.1 Å². The molecule has 1 saturated heterocycles. The van der Waals surface area contributed by atoms with Crippen LogP contribution in [0.25, 0.3) is 10.2 Å². The zero-order valence-electron chi connectivity index (χ0n) is 16.0. The van der Waals surface area contributed by atoms with Crippen LogP contribution in [0.5, 0.6) is 0 Å². The first-order chi connectivity index (χ1) is 13.1. The highest BCUT2D eigenvalue weighted by molar-refractivity contribution is 8.01. The van der Waals surface area contributed by atoms with E-state index in [-0.39, 0.29) is 17.7 Å². The van der Waals surface area contributed by atoms with Crippen LogP contribution in [-0.2, 0) is 9.59 Å². The number of rotatable bonds is 7. The Balaban J connectivity index is 1.45. The lowest BCUT2D eigenvalue weighted by molar-refractivity contribution is -0.138. The van der Waals surface area contributed by atoms with Crippen molar-refractivity contribution in [1.29, 1.82) is 0 Å². The minimum absolute atomic E-state index is 0.0628. The summed E-state index contributed by atoms with van der Waals surface area (Å²) in [5.41, 5.74) is 0.990. The van der Waals surface area contributed by atoms with Gasteiger partial charge in [-0.1, -0.05) is 37.2 Å². The van der Waals surface area contributed by atoms with Crippen molar-refractivity contribution in [1.82, 2.24) is 14.8 Å². The number of benzene rings is 1. The molecule has 0 atom stereocenters. The molecule has 2 aromatic rings. The molecule has 2 heterocycles. The lowest BCUT2D eigenvalue weighted by atomic mass is 9.95. The summed E-state index contributed by atoms with van der Waals surface area (Å²) in [5.74, 6) is 0.853. The van der Waals surface area contributed by atoms with Crippen LogP contribution in [0.15, 0.2) is 28.6 Å². The third kappa shape index (κ3) is 5.23. The summed E-state index contributed by atoms with van der Waals surface area (Å²) in [6.07, 6.45) is 3.68. The monoisotopic (exact) mass is 405 g/mol. The number of carbonyl (C=O) groups is 2. The van der Waals surface area contributed by atoms with Crippen molar-refractivity contribution in [3.05, 3.63) is 24.3 Å². The highest BCUT2D eigenvalue weighted by Crippen LogP contribution is 2.29. The molecule has 1 aliphatic heterocycles. The summed E-state index contributed by atoms with van der Waals surface area (Å²) in [6.45, 7) is 4.32. The van der Waals surface area contributed by atoms with Crippen LogP contribution in [-0.4, -0.2) is 59.0 Å². The van der Waals surface area contributed by atoms with E-state index in [1.54, 1.807) is 11.3 Å². The van der Waals surface area contributed by atoms with Gasteiger partial charge in [-0.05, 0) is 31.4 Å². The third-order valence-electron chi connectivity index (χ3n) is 5.01. The van der Waals surface area contributed by atoms with Crippen molar-refractivity contribution in [3.63, 3.8) is 0 Å². The second-order valence-corrected chi connectivity index (χ2v) is 9.26. The summed E-state index contributed by atoms with van der Waals surface area (Å²) in [5, 5.41) is 0. The average Bonchev–Trinajstić information content (AvgIpc) is 3.12. The Bertz CT molecular complexity index is 751. The maximum Gasteiger partial charge on any atom is 0.233 e. The summed E-state index contributed by atoms with van der Waals surface area (Å²) in [4.78, 5) is 33.3. The molecule has 0 unspecified atom stereocenters. The fourth-order valence-electron chi connectivity index (χ4n) is 3.32. The number of thioether (sulfide) groups is 1. The number of hydrogen-bond acceptors (Lipinski definition) is 5. The van der Waals surface area contributed by atoms with Gasteiger partial charge in [-0.15, -0.1) is 11.3 Å². The van der Waals surface area contributed by atoms with Crippen LogP contribution in [0.3, 0.4) is 0 Å². The van der Waals surface area contributed by atoms with Crippen LogP contribution < -0.4 is 0 Å². The molecule has 1 aromatic heterocycles. The van der Waals surface area contributed by atoms with E-state index >= 15 is 0 Å². The minimum Gasteiger partial charge on any atom is -0.346 e. The topological polar surface area (TPSA) is 53.5 Å². The number of hydrogen-bond donors (Lipinski definition) is 0. The normalized spacial score (nSPS) is 15.3. The fourth-order valence-corrected chi connectivity index (χ4v) is 5.29. The minimum atomic E-state index is 0.0628. The van der Waals surface area contributed by atoms with Gasteiger partial charge in [0.05, 0.1) is 16.0 Å². The summed E-state index contributed by atoms with van der Waals surface area (Å²) in [7, 11) is 1.89. The second-order valence-electron chi connectivity index (χ2n) is 7.00. The first kappa shape index (κ1) is 20.1. The number of likely N-dealkylation sites (tertiary alicyclic amines) is 1. The summed E-state index contributed by atoms with van der Waals surface area (Å²) < 4.78 is 2.09. The Kier molecular flexibility index (Phi) is 7.13. The Morgan fingerprint density at radius 2 is 2.04 bits per heavy atom. The van der Waals surface area contributed by atoms with Crippen LogP contribution in [0, 0.1) is 5.92 Å². The molecule has 1 fully saturated rings. The number of amides is 2. The van der Waals surface area contributed by atoms with Gasteiger partial charge in [-0.25, -0.2) is 4.98 Å². The SMILES string of the molecule is CCCCN(C)C(=O)C1CCN(C(=O)CSc2nc3ccccc3s2)CC1. The van der Waals surface area contributed by atoms with Crippen molar-refractivity contribution < 1.29 is 9.59 Å². The molecule has 0 N–H and O–H groups in total. The zero-order chi connectivity index (χ0) is 19.2. The molecule has 1 aromatic carbocycles. The van der Waals surface area contributed by atoms with Crippen molar-refractivity contribution in [2.24, 2.45) is 5.92 Å². The highest BCUT2D eigenvalue weighted by Gasteiger charge is 2.28. The van der Waals surface area contributed by atoms with Gasteiger partial charge >= 0.3 is 0 Å². The number of nitrogens with zero attached hydrogens (tertiary/aromatic N) is 3. The molecule has 0 aliphatic carbocycles. The Morgan fingerprint density at radius 3 is 2.74 bits per heavy atom. The molecule has 1 aliphatic rings. The second kappa shape index (κ2) is 9.55. The van der Waals surface area contributed by atoms with Crippen LogP contribution in [0.4, 0.5) is 0 Å². The van der Waals surface area contributed by atoms with E-state index in [0.29, 0.717) is 18.8 Å². The van der Waals surface area contributed by atoms with Gasteiger partial charge in [0.25, 0.3) is 0 Å². The number of piperidine rings is 1. The smallest absolute Gasteiger partial charge is 0.233 e. The van der Waals surface area contributed by atoms with Gasteiger partial charge in [-0.3, -0.25) is 9.59 Å². The van der Waals surface area contributed by atoms with Gasteiger partial charge in [0, 0.05) is 32.6 Å². The van der Waals surface area contributed by atoms with E-state index in [1.165, 1.54) is 11.8 Å². The molecule has 0 saturated carbocycles. The van der Waals surface area contributed by atoms with Crippen molar-refractivity contribution in [2.45, 2.75) is 36.9 Å². The average molecular weight is 406 g/mol. The first-order valence-corrected chi connectivity index (χ1v) is 11.4. The van der Waals surface area contributed by atoms with Gasteiger partial charge < -0.3 is 9.80 Å². The molecule has 0 radical (unpaired) electrons. The van der Waals surface area contributed by atoms with Crippen LogP contribution in [0.1, 0.15) is 32.6 Å². The standard InChI is InChI=1S/C20H27N3O2S2/c1-3-4-11-22(2)19(25)15-9-12-23(13-10-15)18(24)14-26-20-21-16-7-5-6-8-17(16)27-20/h5-8,15H,3-4,9-14H2,1-2H3. The first-order valence-electron chi connectivity index (χ1n) is 9.59. The number of unbranched alkanes of at least 4 members (excludes halogenated alkanes) is 1. The largest absolute Gasteiger partial charge is 0.346 e. The maximum absolute atomic E-state index is 12.5. The van der Waals surface area contributed by atoms with E-state index in [0.717, 1.165) is 46.8 Å². The fraction of sp³-hybridized carbons (Fsp3) is 0.550. The molecule has 27 heavy (non-hydrogen) atoms. The van der Waals surface area contributed by atoms with Crippen LogP contribution in [0.2, 0.25) is 0 Å². The van der Waals surface area contributed by atoms with Gasteiger partial charge in [-0.2, -0.15) is 0 Å². The number of aromatic nitrogens is 1. The van der Waals surface area contributed by atoms with Gasteiger partial charge in [0.2, 0.25) is 11.8 Å². The van der Waals surface area contributed by atoms with Gasteiger partial charge in [0.15, 0.2) is 4.34 Å². The molecular formula is C20H27N3O2S2. The molecule has 3 rings (SSSR count). The van der Waals surface area contributed by atoms with E-state index in [2.05, 4.69) is 18.0 Å². The molecule has 2 amide bonds. The van der Waals surface area contributed by atoms with Crippen molar-refractivity contribution >= 4 is 45.1 Å². The lowest BCUT2D eigenvalue weighted by Gasteiger charge is -2.33. The Labute approximate surface area is 169 Å². The molecule has 7 heteroatoms. The molecule has 146 valence electrons. The number of fused-ring (bicyclic) bond motifs is 1. The third-order valence-corrected chi connectivity index (χ3v) is 7.18. The summed E-state index contributed by atoms with van der Waals surface area (Å²) in [6, 6.07) is 8.03. The quantitative estimate of drug-likeness (QED) is 0.656. The number of thiazole rings is 1.